The molecular weight excluding hydrogens is 192 g/mol. The summed E-state index contributed by atoms with van der Waals surface area (Å²) in [4.78, 5) is 11.2. The van der Waals surface area contributed by atoms with Gasteiger partial charge in [-0.3, -0.25) is 4.79 Å². The number of piperidine rings is 1. The normalized spacial score (nSPS) is 17.7. The molecular formula is C11H22N2O2. The molecule has 0 aromatic rings. The van der Waals surface area contributed by atoms with Gasteiger partial charge >= 0.3 is 0 Å². The van der Waals surface area contributed by atoms with Crippen LogP contribution in [0.5, 0.6) is 0 Å². The van der Waals surface area contributed by atoms with E-state index >= 15 is 0 Å². The van der Waals surface area contributed by atoms with Gasteiger partial charge in [0.2, 0.25) is 5.91 Å². The summed E-state index contributed by atoms with van der Waals surface area (Å²) in [6.45, 7) is 2.66. The summed E-state index contributed by atoms with van der Waals surface area (Å²) in [5.74, 6) is 0.870. The van der Waals surface area contributed by atoms with Gasteiger partial charge in [0.1, 0.15) is 0 Å². The summed E-state index contributed by atoms with van der Waals surface area (Å²) < 4.78 is 0. The number of amides is 1. The van der Waals surface area contributed by atoms with Crippen LogP contribution in [0.25, 0.3) is 0 Å². The highest BCUT2D eigenvalue weighted by molar-refractivity contribution is 5.75. The Bertz CT molecular complexity index is 179. The lowest BCUT2D eigenvalue weighted by atomic mass is 9.92. The van der Waals surface area contributed by atoms with Crippen molar-refractivity contribution < 1.29 is 9.90 Å². The molecule has 0 saturated carbocycles. The molecule has 0 radical (unpaired) electrons. The Hall–Kier alpha value is -0.610. The number of carbonyl (C=O) groups excluding carboxylic acids is 1. The third kappa shape index (κ3) is 5.74. The van der Waals surface area contributed by atoms with Gasteiger partial charge in [0.25, 0.3) is 0 Å². The maximum absolute atomic E-state index is 11.2. The van der Waals surface area contributed by atoms with Gasteiger partial charge in [-0.2, -0.15) is 0 Å². The summed E-state index contributed by atoms with van der Waals surface area (Å²) in [5.41, 5.74) is 0. The van der Waals surface area contributed by atoms with Crippen LogP contribution in [0.2, 0.25) is 0 Å². The molecule has 1 fully saturated rings. The first-order valence-corrected chi connectivity index (χ1v) is 5.91. The second-order valence-corrected chi connectivity index (χ2v) is 4.16. The average molecular weight is 214 g/mol. The fourth-order valence-electron chi connectivity index (χ4n) is 2.01. The zero-order valence-corrected chi connectivity index (χ0v) is 9.30. The SMILES string of the molecule is O=C(CCCC1CCNCC1)NCCO. The van der Waals surface area contributed by atoms with Gasteiger partial charge in [-0.1, -0.05) is 0 Å². The molecule has 0 aliphatic carbocycles. The first-order chi connectivity index (χ1) is 7.33. The molecule has 1 heterocycles. The van der Waals surface area contributed by atoms with E-state index in [2.05, 4.69) is 10.6 Å². The summed E-state index contributed by atoms with van der Waals surface area (Å²) in [7, 11) is 0. The highest BCUT2D eigenvalue weighted by Gasteiger charge is 2.12. The first kappa shape index (κ1) is 12.5. The Morgan fingerprint density at radius 3 is 2.80 bits per heavy atom. The predicted octanol–water partition coefficient (Wildman–Crippen LogP) is 0.265. The van der Waals surface area contributed by atoms with E-state index < -0.39 is 0 Å². The lowest BCUT2D eigenvalue weighted by Gasteiger charge is -2.22. The van der Waals surface area contributed by atoms with Crippen molar-refractivity contribution in [2.75, 3.05) is 26.2 Å². The Kier molecular flexibility index (Phi) is 6.36. The standard InChI is InChI=1S/C11H22N2O2/c14-9-8-13-11(15)3-1-2-10-4-6-12-7-5-10/h10,12,14H,1-9H2,(H,13,15). The van der Waals surface area contributed by atoms with E-state index in [1.807, 2.05) is 0 Å². The van der Waals surface area contributed by atoms with Gasteiger partial charge in [-0.15, -0.1) is 0 Å². The summed E-state index contributed by atoms with van der Waals surface area (Å²) in [6, 6.07) is 0. The van der Waals surface area contributed by atoms with E-state index in [0.29, 0.717) is 13.0 Å². The number of hydrogen-bond acceptors (Lipinski definition) is 3. The van der Waals surface area contributed by atoms with Crippen molar-refractivity contribution in [3.05, 3.63) is 0 Å². The molecule has 15 heavy (non-hydrogen) atoms. The monoisotopic (exact) mass is 214 g/mol. The second kappa shape index (κ2) is 7.65. The lowest BCUT2D eigenvalue weighted by molar-refractivity contribution is -0.121. The van der Waals surface area contributed by atoms with Crippen LogP contribution < -0.4 is 10.6 Å². The van der Waals surface area contributed by atoms with Crippen molar-refractivity contribution in [1.29, 1.82) is 0 Å². The quantitative estimate of drug-likeness (QED) is 0.594. The van der Waals surface area contributed by atoms with Crippen LogP contribution in [-0.2, 0) is 4.79 Å². The van der Waals surface area contributed by atoms with Crippen LogP contribution in [-0.4, -0.2) is 37.3 Å². The third-order valence-electron chi connectivity index (χ3n) is 2.91. The van der Waals surface area contributed by atoms with E-state index in [0.717, 1.165) is 31.8 Å². The van der Waals surface area contributed by atoms with Crippen molar-refractivity contribution in [3.8, 4) is 0 Å². The highest BCUT2D eigenvalue weighted by atomic mass is 16.3. The lowest BCUT2D eigenvalue weighted by Crippen LogP contribution is -2.28. The molecule has 0 unspecified atom stereocenters. The largest absolute Gasteiger partial charge is 0.395 e. The van der Waals surface area contributed by atoms with Crippen molar-refractivity contribution in [1.82, 2.24) is 10.6 Å². The predicted molar refractivity (Wildman–Crippen MR) is 59.5 cm³/mol. The highest BCUT2D eigenvalue weighted by Crippen LogP contribution is 2.18. The van der Waals surface area contributed by atoms with E-state index in [4.69, 9.17) is 5.11 Å². The number of hydrogen-bond donors (Lipinski definition) is 3. The van der Waals surface area contributed by atoms with E-state index in [9.17, 15) is 4.79 Å². The van der Waals surface area contributed by atoms with Crippen LogP contribution >= 0.6 is 0 Å². The molecule has 0 aromatic carbocycles. The number of nitrogens with one attached hydrogen (secondary N) is 2. The minimum absolute atomic E-state index is 0.0278. The minimum Gasteiger partial charge on any atom is -0.395 e. The Balaban J connectivity index is 1.97. The molecule has 88 valence electrons. The maximum atomic E-state index is 11.2. The van der Waals surface area contributed by atoms with Gasteiger partial charge in [0.15, 0.2) is 0 Å². The molecule has 1 amide bonds. The molecule has 4 nitrogen and oxygen atoms in total. The molecule has 3 N–H and O–H groups in total. The van der Waals surface area contributed by atoms with Gasteiger partial charge in [0.05, 0.1) is 6.61 Å². The van der Waals surface area contributed by atoms with Gasteiger partial charge in [-0.05, 0) is 44.7 Å². The van der Waals surface area contributed by atoms with Crippen LogP contribution in [0.1, 0.15) is 32.1 Å². The van der Waals surface area contributed by atoms with E-state index in [1.165, 1.54) is 12.8 Å². The van der Waals surface area contributed by atoms with Crippen molar-refractivity contribution in [2.24, 2.45) is 5.92 Å². The smallest absolute Gasteiger partial charge is 0.220 e. The molecule has 0 atom stereocenters. The zero-order chi connectivity index (χ0) is 10.9. The second-order valence-electron chi connectivity index (χ2n) is 4.16. The van der Waals surface area contributed by atoms with Crippen LogP contribution in [0, 0.1) is 5.92 Å². The fraction of sp³-hybridized carbons (Fsp3) is 0.909. The topological polar surface area (TPSA) is 61.4 Å². The van der Waals surface area contributed by atoms with Crippen molar-refractivity contribution in [2.45, 2.75) is 32.1 Å². The Morgan fingerprint density at radius 2 is 2.13 bits per heavy atom. The minimum atomic E-state index is 0.0278. The van der Waals surface area contributed by atoms with E-state index in [-0.39, 0.29) is 12.5 Å². The number of carbonyl (C=O) groups is 1. The molecule has 0 bridgehead atoms. The Morgan fingerprint density at radius 1 is 1.40 bits per heavy atom. The fourth-order valence-corrected chi connectivity index (χ4v) is 2.01. The molecule has 0 spiro atoms. The number of aliphatic hydroxyl groups is 1. The van der Waals surface area contributed by atoms with Gasteiger partial charge in [0, 0.05) is 13.0 Å². The molecule has 1 aliphatic heterocycles. The molecule has 1 rings (SSSR count). The van der Waals surface area contributed by atoms with Crippen LogP contribution in [0.3, 0.4) is 0 Å². The van der Waals surface area contributed by atoms with E-state index in [1.54, 1.807) is 0 Å². The Labute approximate surface area is 91.4 Å². The van der Waals surface area contributed by atoms with Crippen LogP contribution in [0.4, 0.5) is 0 Å². The zero-order valence-electron chi connectivity index (χ0n) is 9.30. The average Bonchev–Trinajstić information content (AvgIpc) is 2.28. The summed E-state index contributed by atoms with van der Waals surface area (Å²) in [6.07, 6.45) is 5.23. The van der Waals surface area contributed by atoms with Gasteiger partial charge < -0.3 is 15.7 Å². The number of aliphatic hydroxyl groups excluding tert-OH is 1. The molecule has 1 saturated heterocycles. The van der Waals surface area contributed by atoms with Crippen LogP contribution in [0.15, 0.2) is 0 Å². The first-order valence-electron chi connectivity index (χ1n) is 5.91. The summed E-state index contributed by atoms with van der Waals surface area (Å²) in [5, 5.41) is 14.5. The molecule has 0 aromatic heterocycles. The summed E-state index contributed by atoms with van der Waals surface area (Å²) >= 11 is 0. The number of rotatable bonds is 6. The van der Waals surface area contributed by atoms with Crippen molar-refractivity contribution >= 4 is 5.91 Å². The van der Waals surface area contributed by atoms with Gasteiger partial charge in [-0.25, -0.2) is 0 Å². The third-order valence-corrected chi connectivity index (χ3v) is 2.91. The molecule has 1 aliphatic rings. The molecule has 4 heteroatoms. The maximum Gasteiger partial charge on any atom is 0.220 e. The van der Waals surface area contributed by atoms with Crippen molar-refractivity contribution in [3.63, 3.8) is 0 Å².